The number of thiophene rings is 1. The Hall–Kier alpha value is -0.520. The number of aliphatic hydroxyl groups excluding tert-OH is 1. The Bertz CT molecular complexity index is 286. The number of hydrogen-bond donors (Lipinski definition) is 2. The van der Waals surface area contributed by atoms with Crippen LogP contribution in [0.2, 0.25) is 0 Å². The Labute approximate surface area is 97.9 Å². The molecule has 15 heavy (non-hydrogen) atoms. The molecule has 0 saturated heterocycles. The Morgan fingerprint density at radius 2 is 2.53 bits per heavy atom. The standard InChI is InChI=1S/C10H15NO2S2/c1-8(12)4-5-11-9(13)7-15-10-3-2-6-14-10/h2-3,6,8,12H,4-5,7H2,1H3,(H,11,13). The highest BCUT2D eigenvalue weighted by molar-refractivity contribution is 8.01. The first kappa shape index (κ1) is 12.5. The zero-order chi connectivity index (χ0) is 11.1. The molecule has 0 bridgehead atoms. The molecule has 1 unspecified atom stereocenters. The first-order valence-electron chi connectivity index (χ1n) is 4.79. The first-order valence-corrected chi connectivity index (χ1v) is 6.66. The zero-order valence-corrected chi connectivity index (χ0v) is 10.2. The number of hydrogen-bond acceptors (Lipinski definition) is 4. The molecule has 0 aliphatic carbocycles. The molecule has 1 aromatic rings. The van der Waals surface area contributed by atoms with Gasteiger partial charge in [-0.1, -0.05) is 6.07 Å². The third kappa shape index (κ3) is 5.81. The van der Waals surface area contributed by atoms with Crippen molar-refractivity contribution in [3.8, 4) is 0 Å². The quantitative estimate of drug-likeness (QED) is 0.750. The van der Waals surface area contributed by atoms with Gasteiger partial charge in [-0.3, -0.25) is 4.79 Å². The second kappa shape index (κ2) is 6.87. The fourth-order valence-corrected chi connectivity index (χ4v) is 2.57. The Balaban J connectivity index is 2.09. The number of thioether (sulfide) groups is 1. The number of amides is 1. The van der Waals surface area contributed by atoms with E-state index in [9.17, 15) is 4.79 Å². The average Bonchev–Trinajstić information content (AvgIpc) is 2.66. The summed E-state index contributed by atoms with van der Waals surface area (Å²) in [5, 5.41) is 13.7. The van der Waals surface area contributed by atoms with E-state index in [0.29, 0.717) is 18.7 Å². The molecule has 0 fully saturated rings. The summed E-state index contributed by atoms with van der Waals surface area (Å²) in [6, 6.07) is 3.97. The molecule has 0 spiro atoms. The summed E-state index contributed by atoms with van der Waals surface area (Å²) in [4.78, 5) is 11.3. The minimum atomic E-state index is -0.352. The third-order valence-corrected chi connectivity index (χ3v) is 3.86. The topological polar surface area (TPSA) is 49.3 Å². The largest absolute Gasteiger partial charge is 0.393 e. The van der Waals surface area contributed by atoms with Gasteiger partial charge in [-0.05, 0) is 24.8 Å². The normalized spacial score (nSPS) is 12.4. The second-order valence-corrected chi connectivity index (χ2v) is 5.43. The molecule has 0 aliphatic rings. The molecule has 0 saturated carbocycles. The van der Waals surface area contributed by atoms with Crippen molar-refractivity contribution in [2.75, 3.05) is 12.3 Å². The second-order valence-electron chi connectivity index (χ2n) is 3.21. The van der Waals surface area contributed by atoms with Crippen molar-refractivity contribution in [3.63, 3.8) is 0 Å². The molecular weight excluding hydrogens is 230 g/mol. The van der Waals surface area contributed by atoms with Crippen LogP contribution in [0.5, 0.6) is 0 Å². The molecule has 1 atom stereocenters. The lowest BCUT2D eigenvalue weighted by Crippen LogP contribution is -2.27. The number of carbonyl (C=O) groups excluding carboxylic acids is 1. The minimum absolute atomic E-state index is 0.0223. The lowest BCUT2D eigenvalue weighted by Gasteiger charge is -2.05. The molecule has 84 valence electrons. The fourth-order valence-electron chi connectivity index (χ4n) is 0.954. The van der Waals surface area contributed by atoms with E-state index in [-0.39, 0.29) is 12.0 Å². The van der Waals surface area contributed by atoms with E-state index in [1.165, 1.54) is 11.8 Å². The van der Waals surface area contributed by atoms with Gasteiger partial charge in [0.05, 0.1) is 16.1 Å². The van der Waals surface area contributed by atoms with Crippen LogP contribution in [-0.4, -0.2) is 29.4 Å². The summed E-state index contributed by atoms with van der Waals surface area (Å²) in [7, 11) is 0. The van der Waals surface area contributed by atoms with E-state index >= 15 is 0 Å². The first-order chi connectivity index (χ1) is 7.18. The summed E-state index contributed by atoms with van der Waals surface area (Å²) in [5.74, 6) is 0.467. The molecule has 0 radical (unpaired) electrons. The van der Waals surface area contributed by atoms with Crippen LogP contribution >= 0.6 is 23.1 Å². The highest BCUT2D eigenvalue weighted by Gasteiger charge is 2.03. The molecule has 0 aliphatic heterocycles. The maximum Gasteiger partial charge on any atom is 0.230 e. The highest BCUT2D eigenvalue weighted by atomic mass is 32.2. The fraction of sp³-hybridized carbons (Fsp3) is 0.500. The third-order valence-electron chi connectivity index (χ3n) is 1.72. The van der Waals surface area contributed by atoms with Crippen molar-refractivity contribution in [2.45, 2.75) is 23.7 Å². The van der Waals surface area contributed by atoms with E-state index in [4.69, 9.17) is 5.11 Å². The average molecular weight is 245 g/mol. The smallest absolute Gasteiger partial charge is 0.230 e. The molecule has 5 heteroatoms. The molecule has 0 aromatic carbocycles. The molecule has 3 nitrogen and oxygen atoms in total. The van der Waals surface area contributed by atoms with Crippen LogP contribution in [0.25, 0.3) is 0 Å². The monoisotopic (exact) mass is 245 g/mol. The van der Waals surface area contributed by atoms with Crippen LogP contribution < -0.4 is 5.32 Å². The van der Waals surface area contributed by atoms with Crippen LogP contribution in [0.1, 0.15) is 13.3 Å². The highest BCUT2D eigenvalue weighted by Crippen LogP contribution is 2.22. The maximum absolute atomic E-state index is 11.3. The Morgan fingerprint density at radius 3 is 3.13 bits per heavy atom. The lowest BCUT2D eigenvalue weighted by atomic mass is 10.3. The molecule has 2 N–H and O–H groups in total. The number of aliphatic hydroxyl groups is 1. The summed E-state index contributed by atoms with van der Waals surface area (Å²) < 4.78 is 1.15. The lowest BCUT2D eigenvalue weighted by molar-refractivity contribution is -0.118. The Kier molecular flexibility index (Phi) is 5.75. The number of carbonyl (C=O) groups is 1. The van der Waals surface area contributed by atoms with Gasteiger partial charge in [0, 0.05) is 6.54 Å². The van der Waals surface area contributed by atoms with Gasteiger partial charge in [0.2, 0.25) is 5.91 Å². The minimum Gasteiger partial charge on any atom is -0.393 e. The van der Waals surface area contributed by atoms with E-state index in [2.05, 4.69) is 5.32 Å². The van der Waals surface area contributed by atoms with E-state index in [0.717, 1.165) is 4.21 Å². The maximum atomic E-state index is 11.3. The molecule has 1 aromatic heterocycles. The number of rotatable bonds is 6. The molecule has 1 heterocycles. The van der Waals surface area contributed by atoms with Gasteiger partial charge >= 0.3 is 0 Å². The summed E-state index contributed by atoms with van der Waals surface area (Å²) in [6.45, 7) is 2.26. The van der Waals surface area contributed by atoms with Crippen LogP contribution in [-0.2, 0) is 4.79 Å². The van der Waals surface area contributed by atoms with Crippen LogP contribution in [0, 0.1) is 0 Å². The van der Waals surface area contributed by atoms with E-state index < -0.39 is 0 Å². The van der Waals surface area contributed by atoms with Crippen molar-refractivity contribution >= 4 is 29.0 Å². The van der Waals surface area contributed by atoms with Crippen molar-refractivity contribution in [3.05, 3.63) is 17.5 Å². The van der Waals surface area contributed by atoms with Gasteiger partial charge in [0.1, 0.15) is 0 Å². The molecule has 1 amide bonds. The SMILES string of the molecule is CC(O)CCNC(=O)CSc1cccs1. The molecular formula is C10H15NO2S2. The van der Waals surface area contributed by atoms with Crippen molar-refractivity contribution in [2.24, 2.45) is 0 Å². The van der Waals surface area contributed by atoms with Gasteiger partial charge < -0.3 is 10.4 Å². The van der Waals surface area contributed by atoms with Gasteiger partial charge in [-0.25, -0.2) is 0 Å². The van der Waals surface area contributed by atoms with Crippen molar-refractivity contribution in [1.82, 2.24) is 5.32 Å². The predicted molar refractivity (Wildman–Crippen MR) is 64.4 cm³/mol. The Morgan fingerprint density at radius 1 is 1.73 bits per heavy atom. The van der Waals surface area contributed by atoms with Gasteiger partial charge in [-0.2, -0.15) is 0 Å². The number of nitrogens with one attached hydrogen (secondary N) is 1. The summed E-state index contributed by atoms with van der Waals surface area (Å²) in [5.41, 5.74) is 0. The van der Waals surface area contributed by atoms with Crippen LogP contribution in [0.15, 0.2) is 21.7 Å². The predicted octanol–water partition coefficient (Wildman–Crippen LogP) is 1.73. The van der Waals surface area contributed by atoms with Gasteiger partial charge in [-0.15, -0.1) is 23.1 Å². The zero-order valence-electron chi connectivity index (χ0n) is 8.60. The summed E-state index contributed by atoms with van der Waals surface area (Å²) >= 11 is 3.17. The van der Waals surface area contributed by atoms with E-state index in [1.54, 1.807) is 18.3 Å². The van der Waals surface area contributed by atoms with Crippen LogP contribution in [0.4, 0.5) is 0 Å². The van der Waals surface area contributed by atoms with Gasteiger partial charge in [0.15, 0.2) is 0 Å². The summed E-state index contributed by atoms with van der Waals surface area (Å²) in [6.07, 6.45) is 0.255. The van der Waals surface area contributed by atoms with Crippen LogP contribution in [0.3, 0.4) is 0 Å². The van der Waals surface area contributed by atoms with Crippen molar-refractivity contribution < 1.29 is 9.90 Å². The van der Waals surface area contributed by atoms with E-state index in [1.807, 2.05) is 17.5 Å². The van der Waals surface area contributed by atoms with Gasteiger partial charge in [0.25, 0.3) is 0 Å². The molecule has 1 rings (SSSR count). The van der Waals surface area contributed by atoms with Crippen molar-refractivity contribution in [1.29, 1.82) is 0 Å².